The molecule has 52 heavy (non-hydrogen) atoms. The third kappa shape index (κ3) is 7.68. The monoisotopic (exact) mass is 736 g/mol. The maximum atomic E-state index is 14.4. The van der Waals surface area contributed by atoms with Crippen LogP contribution in [0.1, 0.15) is 121 Å². The van der Waals surface area contributed by atoms with Crippen molar-refractivity contribution >= 4 is 11.8 Å². The quantitative estimate of drug-likeness (QED) is 0.194. The smallest absolute Gasteiger partial charge is 0.309 e. The standard InChI is InChI=1S/C41H68O11/c1-11-28(34(45)25(7)33(44)26(8)35-21(3)19-22(4)36(49-35)29(12-2)38(46)47)37-23(5)20-24(6)40(50-37)16-15-31(43)41(52-40)18-17-39(10,51-41)32-14-13-30(42)27(9)48-32/h15-16,21-33,35-37,42-44H,11-14,17-20H2,1-10H3,(H,46,47)/t21-,22-,23-,24+,25-,26-,27-,28-,29+,30+,31+,32?,33+,35?,36?,37?,39-,40-,41-/m0/s1. The van der Waals surface area contributed by atoms with Gasteiger partial charge in [0.05, 0.1) is 54.2 Å². The number of ether oxygens (including phenoxy) is 5. The Kier molecular flexibility index (Phi) is 12.8. The molecule has 0 saturated carbocycles. The van der Waals surface area contributed by atoms with Crippen molar-refractivity contribution in [3.05, 3.63) is 12.2 Å². The summed E-state index contributed by atoms with van der Waals surface area (Å²) in [6, 6.07) is 0. The highest BCUT2D eigenvalue weighted by molar-refractivity contribution is 5.84. The van der Waals surface area contributed by atoms with Gasteiger partial charge in [-0.25, -0.2) is 0 Å². The molecule has 4 unspecified atom stereocenters. The third-order valence-electron chi connectivity index (χ3n) is 13.8. The molecule has 5 rings (SSSR count). The van der Waals surface area contributed by atoms with Crippen molar-refractivity contribution in [3.63, 3.8) is 0 Å². The molecule has 5 heterocycles. The van der Waals surface area contributed by atoms with Gasteiger partial charge in [-0.1, -0.05) is 55.4 Å². The van der Waals surface area contributed by atoms with E-state index in [9.17, 15) is 30.0 Å². The summed E-state index contributed by atoms with van der Waals surface area (Å²) in [5.41, 5.74) is -0.737. The average Bonchev–Trinajstić information content (AvgIpc) is 3.44. The summed E-state index contributed by atoms with van der Waals surface area (Å²) in [6.45, 7) is 19.6. The number of Topliss-reactive ketones (excluding diaryl/α,β-unsaturated/α-hetero) is 1. The molecule has 2 spiro atoms. The molecule has 0 amide bonds. The molecule has 0 aliphatic carbocycles. The molecule has 0 bridgehead atoms. The molecule has 0 radical (unpaired) electrons. The topological polar surface area (TPSA) is 161 Å². The van der Waals surface area contributed by atoms with Crippen LogP contribution >= 0.6 is 0 Å². The fraction of sp³-hybridized carbons (Fsp3) is 0.902. The number of carbonyl (C=O) groups excluding carboxylic acids is 1. The van der Waals surface area contributed by atoms with Gasteiger partial charge >= 0.3 is 5.97 Å². The van der Waals surface area contributed by atoms with E-state index in [1.807, 2.05) is 41.5 Å². The number of carboxylic acid groups (broad SMARTS) is 1. The Hall–Kier alpha value is -1.44. The number of aliphatic carboxylic acids is 1. The van der Waals surface area contributed by atoms with E-state index in [1.165, 1.54) is 0 Å². The van der Waals surface area contributed by atoms with Gasteiger partial charge in [-0.05, 0) is 88.7 Å². The Morgan fingerprint density at radius 3 is 2.10 bits per heavy atom. The first kappa shape index (κ1) is 41.7. The summed E-state index contributed by atoms with van der Waals surface area (Å²) in [5.74, 6) is -5.76. The van der Waals surface area contributed by atoms with Crippen molar-refractivity contribution < 1.29 is 53.7 Å². The van der Waals surface area contributed by atoms with E-state index in [4.69, 9.17) is 23.7 Å². The number of aliphatic hydroxyl groups excluding tert-OH is 3. The van der Waals surface area contributed by atoms with Crippen LogP contribution in [0.3, 0.4) is 0 Å². The Bertz CT molecular complexity index is 1290. The number of ketones is 1. The van der Waals surface area contributed by atoms with Gasteiger partial charge in [-0.2, -0.15) is 0 Å². The SMILES string of the molecule is CC[C@@H](C(=O)O)C1OC([C@@H](C)[C@H](O)[C@H](C)C(=O)[C@H](CC)C2O[C@]3(C=C[C@@H](O)[C@]4(CC[C@@](C)(C5CC[C@@H](O)[C@H](C)O5)O4)O3)[C@H](C)C[C@@H]2C)[C@@H](C)C[C@@H]1C. The highest BCUT2D eigenvalue weighted by atomic mass is 16.8. The van der Waals surface area contributed by atoms with Crippen LogP contribution in [0, 0.1) is 47.3 Å². The normalized spacial score (nSPS) is 46.8. The first-order chi connectivity index (χ1) is 24.3. The molecule has 11 heteroatoms. The van der Waals surface area contributed by atoms with Gasteiger partial charge in [0.25, 0.3) is 0 Å². The van der Waals surface area contributed by atoms with E-state index in [2.05, 4.69) is 20.8 Å². The lowest BCUT2D eigenvalue weighted by molar-refractivity contribution is -0.408. The summed E-state index contributed by atoms with van der Waals surface area (Å²) < 4.78 is 33.3. The maximum Gasteiger partial charge on any atom is 0.309 e. The van der Waals surface area contributed by atoms with Crippen molar-refractivity contribution in [2.75, 3.05) is 0 Å². The van der Waals surface area contributed by atoms with Crippen molar-refractivity contribution in [3.8, 4) is 0 Å². The predicted molar refractivity (Wildman–Crippen MR) is 194 cm³/mol. The zero-order chi connectivity index (χ0) is 38.5. The van der Waals surface area contributed by atoms with Crippen molar-refractivity contribution in [2.45, 2.75) is 187 Å². The number of hydrogen-bond acceptors (Lipinski definition) is 10. The summed E-state index contributed by atoms with van der Waals surface area (Å²) in [6.07, 6.45) is 3.73. The van der Waals surface area contributed by atoms with Crippen LogP contribution in [-0.2, 0) is 33.3 Å². The summed E-state index contributed by atoms with van der Waals surface area (Å²) in [4.78, 5) is 26.5. The number of rotatable bonds is 11. The molecule has 5 aliphatic heterocycles. The molecule has 4 N–H and O–H groups in total. The number of aliphatic hydroxyl groups is 3. The fourth-order valence-electron chi connectivity index (χ4n) is 10.4. The Labute approximate surface area is 311 Å². The molecule has 0 aromatic carbocycles. The van der Waals surface area contributed by atoms with E-state index in [1.54, 1.807) is 19.1 Å². The molecular weight excluding hydrogens is 668 g/mol. The van der Waals surface area contributed by atoms with Crippen LogP contribution < -0.4 is 0 Å². The number of hydrogen-bond donors (Lipinski definition) is 4. The predicted octanol–water partition coefficient (Wildman–Crippen LogP) is 5.65. The van der Waals surface area contributed by atoms with E-state index in [-0.39, 0.29) is 47.8 Å². The molecule has 11 nitrogen and oxygen atoms in total. The third-order valence-corrected chi connectivity index (χ3v) is 13.8. The Morgan fingerprint density at radius 1 is 0.846 bits per heavy atom. The van der Waals surface area contributed by atoms with Crippen LogP contribution in [0.15, 0.2) is 12.2 Å². The van der Waals surface area contributed by atoms with E-state index >= 15 is 0 Å². The first-order valence-electron chi connectivity index (χ1n) is 20.2. The lowest BCUT2D eigenvalue weighted by Crippen LogP contribution is -2.63. The Balaban J connectivity index is 1.32. The minimum absolute atomic E-state index is 0.0142. The minimum atomic E-state index is -1.36. The van der Waals surface area contributed by atoms with Gasteiger partial charge in [-0.3, -0.25) is 9.59 Å². The summed E-state index contributed by atoms with van der Waals surface area (Å²) >= 11 is 0. The molecule has 0 aromatic rings. The van der Waals surface area contributed by atoms with Gasteiger partial charge in [0, 0.05) is 30.1 Å². The maximum absolute atomic E-state index is 14.4. The second kappa shape index (κ2) is 16.0. The molecule has 4 saturated heterocycles. The van der Waals surface area contributed by atoms with Gasteiger partial charge in [0.15, 0.2) is 5.79 Å². The van der Waals surface area contributed by atoms with Crippen molar-refractivity contribution in [2.24, 2.45) is 47.3 Å². The van der Waals surface area contributed by atoms with Crippen molar-refractivity contribution in [1.82, 2.24) is 0 Å². The zero-order valence-corrected chi connectivity index (χ0v) is 33.2. The fourth-order valence-corrected chi connectivity index (χ4v) is 10.4. The highest BCUT2D eigenvalue weighted by Crippen LogP contribution is 2.53. The highest BCUT2D eigenvalue weighted by Gasteiger charge is 2.62. The average molecular weight is 737 g/mol. The second-order valence-electron chi connectivity index (χ2n) is 17.7. The largest absolute Gasteiger partial charge is 0.481 e. The van der Waals surface area contributed by atoms with Crippen LogP contribution in [0.2, 0.25) is 0 Å². The molecule has 5 aliphatic rings. The molecular formula is C41H68O11. The van der Waals surface area contributed by atoms with E-state index < -0.39 is 77.3 Å². The van der Waals surface area contributed by atoms with Gasteiger partial charge in [-0.15, -0.1) is 0 Å². The first-order valence-corrected chi connectivity index (χ1v) is 20.2. The molecule has 19 atom stereocenters. The number of carbonyl (C=O) groups is 2. The lowest BCUT2D eigenvalue weighted by Gasteiger charge is -2.54. The van der Waals surface area contributed by atoms with Crippen LogP contribution in [-0.4, -0.2) is 98.2 Å². The minimum Gasteiger partial charge on any atom is -0.481 e. The van der Waals surface area contributed by atoms with Crippen molar-refractivity contribution in [1.29, 1.82) is 0 Å². The summed E-state index contributed by atoms with van der Waals surface area (Å²) in [5, 5.41) is 43.3. The van der Waals surface area contributed by atoms with Crippen LogP contribution in [0.25, 0.3) is 0 Å². The zero-order valence-electron chi connectivity index (χ0n) is 33.2. The van der Waals surface area contributed by atoms with E-state index in [0.717, 1.165) is 6.42 Å². The Morgan fingerprint density at radius 2 is 1.48 bits per heavy atom. The lowest BCUT2D eigenvalue weighted by atomic mass is 9.72. The van der Waals surface area contributed by atoms with Gasteiger partial charge in [0.2, 0.25) is 5.79 Å². The number of carboxylic acids is 1. The summed E-state index contributed by atoms with van der Waals surface area (Å²) in [7, 11) is 0. The van der Waals surface area contributed by atoms with Gasteiger partial charge < -0.3 is 44.1 Å². The van der Waals surface area contributed by atoms with Crippen LogP contribution in [0.5, 0.6) is 0 Å². The molecule has 0 aromatic heterocycles. The van der Waals surface area contributed by atoms with Crippen LogP contribution in [0.4, 0.5) is 0 Å². The molecule has 4 fully saturated rings. The second-order valence-corrected chi connectivity index (χ2v) is 17.7. The van der Waals surface area contributed by atoms with E-state index in [0.29, 0.717) is 44.9 Å². The van der Waals surface area contributed by atoms with Gasteiger partial charge in [0.1, 0.15) is 11.9 Å². The molecule has 298 valence electrons.